The van der Waals surface area contributed by atoms with Crippen LogP contribution in [0, 0.1) is 0 Å². The number of carbonyl (C=O) groups is 2. The van der Waals surface area contributed by atoms with Crippen LogP contribution in [0.5, 0.6) is 5.75 Å². The molecule has 2 aromatic rings. The Kier molecular flexibility index (Phi) is 8.12. The lowest BCUT2D eigenvalue weighted by atomic mass is 10.1. The quantitative estimate of drug-likeness (QED) is 0.336. The fourth-order valence-corrected chi connectivity index (χ4v) is 5.02. The van der Waals surface area contributed by atoms with Crippen molar-refractivity contribution in [1.29, 1.82) is 0 Å². The van der Waals surface area contributed by atoms with E-state index in [-0.39, 0.29) is 23.6 Å². The molecule has 0 saturated carbocycles. The Balaban J connectivity index is 1.38. The first-order valence-electron chi connectivity index (χ1n) is 11.2. The van der Waals surface area contributed by atoms with Crippen molar-refractivity contribution in [2.24, 2.45) is 0 Å². The molecule has 0 radical (unpaired) electrons. The van der Waals surface area contributed by atoms with E-state index >= 15 is 0 Å². The number of rotatable bonds is 6. The molecule has 11 heteroatoms. The Hall–Kier alpha value is -2.56. The minimum Gasteiger partial charge on any atom is -0.497 e. The van der Waals surface area contributed by atoms with Crippen molar-refractivity contribution in [2.75, 3.05) is 63.7 Å². The van der Waals surface area contributed by atoms with Gasteiger partial charge in [0.2, 0.25) is 5.91 Å². The highest BCUT2D eigenvalue weighted by molar-refractivity contribution is 7.99. The Bertz CT molecular complexity index is 1040. The van der Waals surface area contributed by atoms with Gasteiger partial charge in [0.1, 0.15) is 16.7 Å². The molecule has 2 saturated heterocycles. The molecule has 2 aliphatic rings. The predicted molar refractivity (Wildman–Crippen MR) is 131 cm³/mol. The van der Waals surface area contributed by atoms with E-state index in [1.165, 1.54) is 11.8 Å². The summed E-state index contributed by atoms with van der Waals surface area (Å²) in [6.45, 7) is 6.15. The number of carbonyl (C=O) groups excluding carboxylic acids is 2. The maximum Gasteiger partial charge on any atom is 0.254 e. The Morgan fingerprint density at radius 1 is 1.18 bits per heavy atom. The zero-order valence-corrected chi connectivity index (χ0v) is 20.8. The maximum absolute atomic E-state index is 13.1. The molecule has 1 unspecified atom stereocenters. The number of aromatic nitrogens is 2. The van der Waals surface area contributed by atoms with E-state index in [0.717, 1.165) is 0 Å². The van der Waals surface area contributed by atoms with Crippen molar-refractivity contribution in [2.45, 2.75) is 18.1 Å². The molecule has 34 heavy (non-hydrogen) atoms. The Labute approximate surface area is 208 Å². The molecular formula is C23H28ClN5O4S. The van der Waals surface area contributed by atoms with Crippen LogP contribution in [0.15, 0.2) is 35.5 Å². The summed E-state index contributed by atoms with van der Waals surface area (Å²) < 4.78 is 10.5. The van der Waals surface area contributed by atoms with E-state index in [1.54, 1.807) is 30.2 Å². The molecule has 0 bridgehead atoms. The van der Waals surface area contributed by atoms with Crippen LogP contribution in [0.2, 0.25) is 5.15 Å². The average molecular weight is 506 g/mol. The van der Waals surface area contributed by atoms with Crippen LogP contribution in [0.4, 0.5) is 5.82 Å². The number of benzene rings is 1. The normalized spacial score (nSPS) is 18.7. The summed E-state index contributed by atoms with van der Waals surface area (Å²) in [5, 5.41) is 0.792. The lowest BCUT2D eigenvalue weighted by molar-refractivity contribution is -0.132. The summed E-state index contributed by atoms with van der Waals surface area (Å²) in [7, 11) is 1.59. The molecule has 0 spiro atoms. The first-order chi connectivity index (χ1) is 16.4. The lowest BCUT2D eigenvalue weighted by Crippen LogP contribution is -2.54. The van der Waals surface area contributed by atoms with E-state index in [2.05, 4.69) is 14.9 Å². The number of amides is 2. The van der Waals surface area contributed by atoms with E-state index in [4.69, 9.17) is 21.1 Å². The molecule has 2 aliphatic heterocycles. The van der Waals surface area contributed by atoms with Gasteiger partial charge in [0.25, 0.3) is 5.91 Å². The molecule has 182 valence electrons. The van der Waals surface area contributed by atoms with Crippen LogP contribution in [-0.4, -0.2) is 96.4 Å². The smallest absolute Gasteiger partial charge is 0.254 e. The molecule has 2 fully saturated rings. The van der Waals surface area contributed by atoms with Gasteiger partial charge in [-0.25, -0.2) is 9.97 Å². The topological polar surface area (TPSA) is 88.1 Å². The third-order valence-corrected chi connectivity index (χ3v) is 6.90. The molecular weight excluding hydrogens is 478 g/mol. The average Bonchev–Trinajstić information content (AvgIpc) is 2.87. The first-order valence-corrected chi connectivity index (χ1v) is 12.5. The van der Waals surface area contributed by atoms with Gasteiger partial charge in [0, 0.05) is 50.4 Å². The zero-order chi connectivity index (χ0) is 24.1. The van der Waals surface area contributed by atoms with Gasteiger partial charge in [-0.15, -0.1) is 0 Å². The SMILES string of the molecule is COc1cccc(C(=O)N2CCN(c3cc(Cl)nc(SCC(=O)N4CCOCC4)n3)CC2C)c1. The highest BCUT2D eigenvalue weighted by Crippen LogP contribution is 2.25. The lowest BCUT2D eigenvalue weighted by Gasteiger charge is -2.40. The van der Waals surface area contributed by atoms with E-state index in [9.17, 15) is 9.59 Å². The Morgan fingerprint density at radius 3 is 2.71 bits per heavy atom. The number of methoxy groups -OCH3 is 1. The van der Waals surface area contributed by atoms with Gasteiger partial charge in [-0.1, -0.05) is 29.4 Å². The van der Waals surface area contributed by atoms with Crippen molar-refractivity contribution in [1.82, 2.24) is 19.8 Å². The molecule has 1 aromatic carbocycles. The van der Waals surface area contributed by atoms with Crippen molar-refractivity contribution < 1.29 is 19.1 Å². The largest absolute Gasteiger partial charge is 0.497 e. The van der Waals surface area contributed by atoms with Crippen molar-refractivity contribution >= 4 is 41.0 Å². The molecule has 1 aromatic heterocycles. The van der Waals surface area contributed by atoms with Gasteiger partial charge in [0.05, 0.1) is 26.1 Å². The fraction of sp³-hybridized carbons (Fsp3) is 0.478. The van der Waals surface area contributed by atoms with Gasteiger partial charge >= 0.3 is 0 Å². The van der Waals surface area contributed by atoms with Crippen molar-refractivity contribution in [3.63, 3.8) is 0 Å². The third kappa shape index (κ3) is 5.92. The summed E-state index contributed by atoms with van der Waals surface area (Å²) in [6.07, 6.45) is 0. The minimum absolute atomic E-state index is 0.0235. The highest BCUT2D eigenvalue weighted by Gasteiger charge is 2.29. The molecule has 1 atom stereocenters. The van der Waals surface area contributed by atoms with Crippen LogP contribution in [0.1, 0.15) is 17.3 Å². The van der Waals surface area contributed by atoms with Gasteiger partial charge in [-0.2, -0.15) is 0 Å². The number of nitrogens with zero attached hydrogens (tertiary/aromatic N) is 5. The third-order valence-electron chi connectivity index (χ3n) is 5.88. The molecule has 3 heterocycles. The summed E-state index contributed by atoms with van der Waals surface area (Å²) >= 11 is 7.56. The second-order valence-corrected chi connectivity index (χ2v) is 9.47. The van der Waals surface area contributed by atoms with Crippen LogP contribution in [0.3, 0.4) is 0 Å². The molecule has 2 amide bonds. The second kappa shape index (κ2) is 11.2. The van der Waals surface area contributed by atoms with Gasteiger partial charge < -0.3 is 24.2 Å². The zero-order valence-electron chi connectivity index (χ0n) is 19.3. The molecule has 0 N–H and O–H groups in total. The summed E-state index contributed by atoms with van der Waals surface area (Å²) in [5.74, 6) is 1.62. The number of ether oxygens (including phenoxy) is 2. The standard InChI is InChI=1S/C23H28ClN5O4S/c1-16-14-28(6-7-29(16)22(31)17-4-3-5-18(12-17)32-2)20-13-19(24)25-23(26-20)34-15-21(30)27-8-10-33-11-9-27/h3-5,12-13,16H,6-11,14-15H2,1-2H3. The van der Waals surface area contributed by atoms with E-state index in [0.29, 0.717) is 73.4 Å². The predicted octanol–water partition coefficient (Wildman–Crippen LogP) is 2.44. The number of anilines is 1. The van der Waals surface area contributed by atoms with Crippen LogP contribution in [-0.2, 0) is 9.53 Å². The van der Waals surface area contributed by atoms with Crippen LogP contribution < -0.4 is 9.64 Å². The molecule has 4 rings (SSSR count). The van der Waals surface area contributed by atoms with Crippen molar-refractivity contribution in [3.05, 3.63) is 41.0 Å². The van der Waals surface area contributed by atoms with Gasteiger partial charge in [0.15, 0.2) is 5.16 Å². The highest BCUT2D eigenvalue weighted by atomic mass is 35.5. The van der Waals surface area contributed by atoms with Crippen LogP contribution in [0.25, 0.3) is 0 Å². The van der Waals surface area contributed by atoms with Crippen molar-refractivity contribution in [3.8, 4) is 5.75 Å². The summed E-state index contributed by atoms with van der Waals surface area (Å²) in [5.41, 5.74) is 0.605. The number of thioether (sulfide) groups is 1. The van der Waals surface area contributed by atoms with Gasteiger partial charge in [-0.05, 0) is 25.1 Å². The van der Waals surface area contributed by atoms with E-state index < -0.39 is 0 Å². The number of piperazine rings is 1. The monoisotopic (exact) mass is 505 g/mol. The van der Waals surface area contributed by atoms with Crippen LogP contribution >= 0.6 is 23.4 Å². The van der Waals surface area contributed by atoms with E-state index in [1.807, 2.05) is 24.0 Å². The molecule has 0 aliphatic carbocycles. The number of hydrogen-bond donors (Lipinski definition) is 0. The maximum atomic E-state index is 13.1. The number of hydrogen-bond acceptors (Lipinski definition) is 8. The number of morpholine rings is 1. The fourth-order valence-electron chi connectivity index (χ4n) is 4.03. The first kappa shape index (κ1) is 24.6. The second-order valence-electron chi connectivity index (χ2n) is 8.14. The van der Waals surface area contributed by atoms with Gasteiger partial charge in [-0.3, -0.25) is 9.59 Å². The minimum atomic E-state index is -0.0276. The number of halogens is 1. The summed E-state index contributed by atoms with van der Waals surface area (Å²) in [6, 6.07) is 8.89. The summed E-state index contributed by atoms with van der Waals surface area (Å²) in [4.78, 5) is 40.2. The Morgan fingerprint density at radius 2 is 1.97 bits per heavy atom. The molecule has 9 nitrogen and oxygen atoms in total.